The van der Waals surface area contributed by atoms with Crippen LogP contribution in [0.5, 0.6) is 5.75 Å². The fourth-order valence-corrected chi connectivity index (χ4v) is 4.21. The summed E-state index contributed by atoms with van der Waals surface area (Å²) in [5.74, 6) is -2.40. The maximum absolute atomic E-state index is 13.4. The third-order valence-corrected chi connectivity index (χ3v) is 6.69. The van der Waals surface area contributed by atoms with Crippen LogP contribution in [-0.4, -0.2) is 67.1 Å². The first kappa shape index (κ1) is 32.5. The molecule has 4 N–H and O–H groups in total. The van der Waals surface area contributed by atoms with Crippen molar-refractivity contribution in [2.75, 3.05) is 19.8 Å². The van der Waals surface area contributed by atoms with Crippen molar-refractivity contribution in [3.8, 4) is 5.75 Å². The Kier molecular flexibility index (Phi) is 10.7. The second-order valence-electron chi connectivity index (χ2n) is 12.1. The van der Waals surface area contributed by atoms with Crippen molar-refractivity contribution in [1.82, 2.24) is 21.3 Å². The van der Waals surface area contributed by atoms with Crippen LogP contribution in [0.1, 0.15) is 63.9 Å². The number of nitrogens with one attached hydrogen (secondary N) is 4. The average molecular weight is 585 g/mol. The lowest BCUT2D eigenvalue weighted by molar-refractivity contribution is -0.134. The van der Waals surface area contributed by atoms with Gasteiger partial charge in [0.05, 0.1) is 30.2 Å². The van der Waals surface area contributed by atoms with Gasteiger partial charge in [0.1, 0.15) is 30.3 Å². The molecule has 0 bridgehead atoms. The maximum atomic E-state index is 13.4. The van der Waals surface area contributed by atoms with Gasteiger partial charge in [0.2, 0.25) is 17.7 Å². The normalized spacial score (nSPS) is 20.6. The van der Waals surface area contributed by atoms with Crippen molar-refractivity contribution in [2.24, 2.45) is 0 Å². The summed E-state index contributed by atoms with van der Waals surface area (Å²) in [7, 11) is 0. The van der Waals surface area contributed by atoms with Gasteiger partial charge in [0.25, 0.3) is 5.91 Å². The molecule has 0 spiro atoms. The SMILES string of the molecule is C[C@@H]1COc2ccccc2C(=O)N[C@H](C(=O)NCC(C)(C)c2ccc(F)cc2)CC(=O)N[C@@H](COC(C)(C)C)C(=O)N1. The molecule has 0 unspecified atom stereocenters. The van der Waals surface area contributed by atoms with Gasteiger partial charge in [0, 0.05) is 12.0 Å². The summed E-state index contributed by atoms with van der Waals surface area (Å²) in [6, 6.07) is 9.71. The van der Waals surface area contributed by atoms with Crippen molar-refractivity contribution in [3.63, 3.8) is 0 Å². The smallest absolute Gasteiger partial charge is 0.255 e. The highest BCUT2D eigenvalue weighted by molar-refractivity contribution is 6.01. The Labute approximate surface area is 246 Å². The summed E-state index contributed by atoms with van der Waals surface area (Å²) < 4.78 is 25.1. The summed E-state index contributed by atoms with van der Waals surface area (Å²) in [6.45, 7) is 11.1. The zero-order valence-corrected chi connectivity index (χ0v) is 25.0. The Morgan fingerprint density at radius 1 is 1.00 bits per heavy atom. The number of para-hydroxylation sites is 1. The van der Waals surface area contributed by atoms with Gasteiger partial charge in [-0.05, 0) is 57.5 Å². The van der Waals surface area contributed by atoms with E-state index in [9.17, 15) is 23.6 Å². The lowest BCUT2D eigenvalue weighted by Crippen LogP contribution is -2.55. The summed E-state index contributed by atoms with van der Waals surface area (Å²) in [5, 5.41) is 10.9. The van der Waals surface area contributed by atoms with Gasteiger partial charge < -0.3 is 30.7 Å². The number of halogens is 1. The van der Waals surface area contributed by atoms with Gasteiger partial charge in [0.15, 0.2) is 0 Å². The average Bonchev–Trinajstić information content (AvgIpc) is 2.91. The third kappa shape index (κ3) is 9.54. The van der Waals surface area contributed by atoms with Gasteiger partial charge in [-0.3, -0.25) is 19.2 Å². The van der Waals surface area contributed by atoms with Crippen LogP contribution in [-0.2, 0) is 24.5 Å². The molecule has 11 heteroatoms. The van der Waals surface area contributed by atoms with Gasteiger partial charge in [-0.2, -0.15) is 0 Å². The predicted molar refractivity (Wildman–Crippen MR) is 155 cm³/mol. The van der Waals surface area contributed by atoms with E-state index in [0.717, 1.165) is 5.56 Å². The first-order chi connectivity index (χ1) is 19.6. The number of carbonyl (C=O) groups is 4. The number of hydrogen-bond donors (Lipinski definition) is 4. The quantitative estimate of drug-likeness (QED) is 0.413. The summed E-state index contributed by atoms with van der Waals surface area (Å²) in [4.78, 5) is 53.1. The lowest BCUT2D eigenvalue weighted by atomic mass is 9.84. The highest BCUT2D eigenvalue weighted by atomic mass is 19.1. The summed E-state index contributed by atoms with van der Waals surface area (Å²) in [6.07, 6.45) is -0.438. The highest BCUT2D eigenvalue weighted by Gasteiger charge is 2.31. The number of fused-ring (bicyclic) bond motifs is 1. The molecular formula is C31H41FN4O6. The molecule has 1 aliphatic heterocycles. The van der Waals surface area contributed by atoms with Crippen LogP contribution >= 0.6 is 0 Å². The van der Waals surface area contributed by atoms with E-state index in [-0.39, 0.29) is 36.9 Å². The number of amides is 4. The molecule has 0 aromatic heterocycles. The van der Waals surface area contributed by atoms with Crippen LogP contribution in [0.25, 0.3) is 0 Å². The van der Waals surface area contributed by atoms with Gasteiger partial charge in [-0.25, -0.2) is 4.39 Å². The van der Waals surface area contributed by atoms with Crippen molar-refractivity contribution >= 4 is 23.6 Å². The molecule has 0 radical (unpaired) electrons. The minimum atomic E-state index is -1.27. The third-order valence-electron chi connectivity index (χ3n) is 6.69. The molecule has 2 aromatic rings. The Morgan fingerprint density at radius 3 is 2.33 bits per heavy atom. The van der Waals surface area contributed by atoms with Crippen LogP contribution in [0.4, 0.5) is 4.39 Å². The van der Waals surface area contributed by atoms with Crippen molar-refractivity contribution in [1.29, 1.82) is 0 Å². The number of ether oxygens (including phenoxy) is 2. The molecule has 2 aromatic carbocycles. The van der Waals surface area contributed by atoms with Crippen LogP contribution in [0.15, 0.2) is 48.5 Å². The predicted octanol–water partition coefficient (Wildman–Crippen LogP) is 2.61. The van der Waals surface area contributed by atoms with E-state index in [2.05, 4.69) is 21.3 Å². The molecule has 3 atom stereocenters. The van der Waals surface area contributed by atoms with Crippen molar-refractivity contribution in [3.05, 3.63) is 65.5 Å². The van der Waals surface area contributed by atoms with Gasteiger partial charge >= 0.3 is 0 Å². The van der Waals surface area contributed by atoms with E-state index in [1.54, 1.807) is 43.3 Å². The fourth-order valence-electron chi connectivity index (χ4n) is 4.21. The van der Waals surface area contributed by atoms with Crippen molar-refractivity contribution in [2.45, 2.75) is 77.1 Å². The number of rotatable bonds is 6. The first-order valence-corrected chi connectivity index (χ1v) is 13.9. The highest BCUT2D eigenvalue weighted by Crippen LogP contribution is 2.23. The second-order valence-corrected chi connectivity index (χ2v) is 12.1. The maximum Gasteiger partial charge on any atom is 0.255 e. The summed E-state index contributed by atoms with van der Waals surface area (Å²) in [5.41, 5.74) is -0.183. The molecule has 1 heterocycles. The van der Waals surface area contributed by atoms with E-state index in [0.29, 0.717) is 0 Å². The van der Waals surface area contributed by atoms with Crippen LogP contribution in [0.2, 0.25) is 0 Å². The summed E-state index contributed by atoms with van der Waals surface area (Å²) >= 11 is 0. The Morgan fingerprint density at radius 2 is 1.67 bits per heavy atom. The molecule has 1 aliphatic rings. The Balaban J connectivity index is 1.86. The van der Waals surface area contributed by atoms with E-state index >= 15 is 0 Å². The van der Waals surface area contributed by atoms with E-state index in [1.807, 2.05) is 34.6 Å². The first-order valence-electron chi connectivity index (χ1n) is 13.9. The minimum Gasteiger partial charge on any atom is -0.491 e. The molecule has 228 valence electrons. The molecule has 3 rings (SSSR count). The number of hydrogen-bond acceptors (Lipinski definition) is 6. The zero-order chi connectivity index (χ0) is 31.1. The molecule has 0 saturated carbocycles. The fraction of sp³-hybridized carbons (Fsp3) is 0.484. The van der Waals surface area contributed by atoms with Crippen LogP contribution in [0.3, 0.4) is 0 Å². The van der Waals surface area contributed by atoms with Crippen molar-refractivity contribution < 1.29 is 33.0 Å². The van der Waals surface area contributed by atoms with Gasteiger partial charge in [-0.15, -0.1) is 0 Å². The van der Waals surface area contributed by atoms with Gasteiger partial charge in [-0.1, -0.05) is 38.1 Å². The Bertz CT molecular complexity index is 1270. The lowest BCUT2D eigenvalue weighted by Gasteiger charge is -2.28. The largest absolute Gasteiger partial charge is 0.491 e. The standard InChI is InChI=1S/C31H41FN4O6/c1-19-16-41-25-10-8-7-9-22(25)27(38)36-23(15-26(37)35-24(29(40)34-19)17-42-30(2,3)4)28(39)33-18-31(5,6)20-11-13-21(32)14-12-20/h7-14,19,23-24H,15-18H2,1-6H3,(H,33,39)(H,34,40)(H,35,37)(H,36,38)/t19-,23+,24+/m1/s1. The molecule has 4 amide bonds. The molecule has 0 fully saturated rings. The van der Waals surface area contributed by atoms with E-state index in [1.165, 1.54) is 12.1 Å². The minimum absolute atomic E-state index is 0.0548. The Hall–Kier alpha value is -3.99. The van der Waals surface area contributed by atoms with E-state index < -0.39 is 59.2 Å². The number of carbonyl (C=O) groups excluding carboxylic acids is 4. The molecule has 42 heavy (non-hydrogen) atoms. The molecule has 0 saturated heterocycles. The number of benzene rings is 2. The topological polar surface area (TPSA) is 135 Å². The van der Waals surface area contributed by atoms with E-state index in [4.69, 9.17) is 9.47 Å². The molecular weight excluding hydrogens is 543 g/mol. The molecule has 10 nitrogen and oxygen atoms in total. The van der Waals surface area contributed by atoms with Crippen LogP contribution < -0.4 is 26.0 Å². The zero-order valence-electron chi connectivity index (χ0n) is 25.0. The van der Waals surface area contributed by atoms with Crippen LogP contribution in [0, 0.1) is 5.82 Å². The molecule has 0 aliphatic carbocycles. The monoisotopic (exact) mass is 584 g/mol. The second kappa shape index (κ2) is 13.8.